The molecule has 0 aliphatic heterocycles. The molecule has 0 aliphatic rings. The lowest BCUT2D eigenvalue weighted by molar-refractivity contribution is 0.0950. The van der Waals surface area contributed by atoms with E-state index < -0.39 is 5.91 Å². The highest BCUT2D eigenvalue weighted by Gasteiger charge is 2.19. The third kappa shape index (κ3) is 3.96. The van der Waals surface area contributed by atoms with Gasteiger partial charge in [-0.3, -0.25) is 4.79 Å². The fraction of sp³-hybridized carbons (Fsp3) is 0.364. The Morgan fingerprint density at radius 3 is 2.58 bits per heavy atom. The highest BCUT2D eigenvalue weighted by atomic mass is 35.5. The van der Waals surface area contributed by atoms with E-state index in [1.54, 1.807) is 0 Å². The van der Waals surface area contributed by atoms with Gasteiger partial charge in [0.05, 0.1) is 10.7 Å². The minimum atomic E-state index is -0.592. The van der Waals surface area contributed by atoms with Gasteiger partial charge in [0.1, 0.15) is 5.02 Å². The van der Waals surface area contributed by atoms with Crippen LogP contribution in [0.15, 0.2) is 5.10 Å². The van der Waals surface area contributed by atoms with Gasteiger partial charge in [-0.2, -0.15) is 5.10 Å². The average molecular weight is 324 g/mol. The Labute approximate surface area is 126 Å². The van der Waals surface area contributed by atoms with Crippen LogP contribution in [0.25, 0.3) is 0 Å². The Morgan fingerprint density at radius 1 is 1.37 bits per heavy atom. The van der Waals surface area contributed by atoms with Crippen LogP contribution < -0.4 is 11.2 Å². The number of hydrogen-bond acceptors (Lipinski definition) is 4. The van der Waals surface area contributed by atoms with E-state index in [0.717, 1.165) is 18.6 Å². The summed E-state index contributed by atoms with van der Waals surface area (Å²) in [7, 11) is 0. The summed E-state index contributed by atoms with van der Waals surface area (Å²) >= 11 is 17.4. The van der Waals surface area contributed by atoms with Crippen LogP contribution in [0.1, 0.15) is 37.2 Å². The summed E-state index contributed by atoms with van der Waals surface area (Å²) in [4.78, 5) is 15.7. The SMILES string of the molecule is CCC/C(C)=N/NC(=O)c1nc(Cl)c(Cl)c(N)c1Cl. The smallest absolute Gasteiger partial charge is 0.291 e. The van der Waals surface area contributed by atoms with E-state index >= 15 is 0 Å². The van der Waals surface area contributed by atoms with Gasteiger partial charge in [-0.25, -0.2) is 10.4 Å². The van der Waals surface area contributed by atoms with Gasteiger partial charge in [0.15, 0.2) is 10.8 Å². The number of carbonyl (C=O) groups excluding carboxylic acids is 1. The maximum Gasteiger partial charge on any atom is 0.291 e. The van der Waals surface area contributed by atoms with Crippen LogP contribution in [0, 0.1) is 0 Å². The van der Waals surface area contributed by atoms with Gasteiger partial charge in [-0.15, -0.1) is 0 Å². The quantitative estimate of drug-likeness (QED) is 0.505. The second-order valence-electron chi connectivity index (χ2n) is 3.83. The first-order valence-corrected chi connectivity index (χ1v) is 6.65. The lowest BCUT2D eigenvalue weighted by Crippen LogP contribution is -2.21. The van der Waals surface area contributed by atoms with Crippen LogP contribution in [-0.4, -0.2) is 16.6 Å². The van der Waals surface area contributed by atoms with Crippen molar-refractivity contribution in [2.75, 3.05) is 5.73 Å². The summed E-state index contributed by atoms with van der Waals surface area (Å²) in [5.41, 5.74) is 8.66. The molecule has 1 aromatic rings. The number of rotatable bonds is 4. The Bertz CT molecular complexity index is 531. The number of hydrazone groups is 1. The molecular weight excluding hydrogens is 311 g/mol. The van der Waals surface area contributed by atoms with Gasteiger partial charge < -0.3 is 5.73 Å². The highest BCUT2D eigenvalue weighted by molar-refractivity contribution is 6.46. The van der Waals surface area contributed by atoms with E-state index in [4.69, 9.17) is 40.5 Å². The van der Waals surface area contributed by atoms with Crippen molar-refractivity contribution in [3.8, 4) is 0 Å². The zero-order valence-corrected chi connectivity index (χ0v) is 12.7. The summed E-state index contributed by atoms with van der Waals surface area (Å²) in [6.07, 6.45) is 1.72. The number of nitrogens with one attached hydrogen (secondary N) is 1. The normalized spacial score (nSPS) is 11.5. The Balaban J connectivity index is 2.98. The molecule has 1 heterocycles. The second-order valence-corrected chi connectivity index (χ2v) is 4.94. The summed E-state index contributed by atoms with van der Waals surface area (Å²) in [5.74, 6) is -0.592. The van der Waals surface area contributed by atoms with Crippen LogP contribution in [0.5, 0.6) is 0 Å². The monoisotopic (exact) mass is 322 g/mol. The molecule has 0 spiro atoms. The molecular formula is C11H13Cl3N4O. The van der Waals surface area contributed by atoms with Gasteiger partial charge in [0, 0.05) is 5.71 Å². The molecule has 8 heteroatoms. The number of nitrogen functional groups attached to an aromatic ring is 1. The largest absolute Gasteiger partial charge is 0.396 e. The molecule has 0 saturated carbocycles. The Morgan fingerprint density at radius 2 is 2.00 bits per heavy atom. The van der Waals surface area contributed by atoms with E-state index in [1.165, 1.54) is 0 Å². The third-order valence-corrected chi connectivity index (χ3v) is 3.38. The molecule has 5 nitrogen and oxygen atoms in total. The molecule has 0 saturated heterocycles. The molecule has 0 fully saturated rings. The summed E-state index contributed by atoms with van der Waals surface area (Å²) in [6, 6.07) is 0. The number of anilines is 1. The molecule has 1 amide bonds. The molecule has 0 unspecified atom stereocenters. The van der Waals surface area contributed by atoms with Crippen LogP contribution in [0.2, 0.25) is 15.2 Å². The molecule has 19 heavy (non-hydrogen) atoms. The topological polar surface area (TPSA) is 80.4 Å². The molecule has 0 aliphatic carbocycles. The molecule has 0 radical (unpaired) electrons. The zero-order valence-electron chi connectivity index (χ0n) is 10.4. The minimum Gasteiger partial charge on any atom is -0.396 e. The molecule has 104 valence electrons. The summed E-state index contributed by atoms with van der Waals surface area (Å²) in [5, 5.41) is 3.81. The van der Waals surface area contributed by atoms with Crippen molar-refractivity contribution in [1.82, 2.24) is 10.4 Å². The number of hydrogen-bond donors (Lipinski definition) is 2. The first-order valence-electron chi connectivity index (χ1n) is 5.51. The maximum atomic E-state index is 11.9. The zero-order chi connectivity index (χ0) is 14.6. The van der Waals surface area contributed by atoms with Crippen molar-refractivity contribution >= 4 is 52.1 Å². The fourth-order valence-corrected chi connectivity index (χ4v) is 1.89. The van der Waals surface area contributed by atoms with Gasteiger partial charge in [0.25, 0.3) is 5.91 Å². The molecule has 0 aromatic carbocycles. The van der Waals surface area contributed by atoms with Gasteiger partial charge in [-0.05, 0) is 13.3 Å². The van der Waals surface area contributed by atoms with Gasteiger partial charge in [0.2, 0.25) is 0 Å². The summed E-state index contributed by atoms with van der Waals surface area (Å²) < 4.78 is 0. The first kappa shape index (κ1) is 16.0. The van der Waals surface area contributed by atoms with Crippen LogP contribution in [-0.2, 0) is 0 Å². The van der Waals surface area contributed by atoms with Crippen molar-refractivity contribution in [2.24, 2.45) is 5.10 Å². The number of nitrogens with two attached hydrogens (primary N) is 1. The standard InChI is InChI=1S/C11H13Cl3N4O/c1-3-4-5(2)17-18-11(19)9-6(12)8(15)7(13)10(14)16-9/h3-4H2,1-2H3,(H2,15,16)(H,18,19)/b17-5+. The molecule has 1 aromatic heterocycles. The van der Waals surface area contributed by atoms with Crippen molar-refractivity contribution in [3.63, 3.8) is 0 Å². The van der Waals surface area contributed by atoms with E-state index in [2.05, 4.69) is 15.5 Å². The molecule has 3 N–H and O–H groups in total. The van der Waals surface area contributed by atoms with Crippen molar-refractivity contribution in [3.05, 3.63) is 20.9 Å². The number of pyridine rings is 1. The summed E-state index contributed by atoms with van der Waals surface area (Å²) in [6.45, 7) is 3.82. The van der Waals surface area contributed by atoms with E-state index in [0.29, 0.717) is 0 Å². The number of carbonyl (C=O) groups is 1. The number of nitrogens with zero attached hydrogens (tertiary/aromatic N) is 2. The van der Waals surface area contributed by atoms with E-state index in [-0.39, 0.29) is 26.6 Å². The maximum absolute atomic E-state index is 11.9. The fourth-order valence-electron chi connectivity index (χ4n) is 1.30. The Hall–Kier alpha value is -1.04. The van der Waals surface area contributed by atoms with Crippen molar-refractivity contribution < 1.29 is 4.79 Å². The number of halogens is 3. The highest BCUT2D eigenvalue weighted by Crippen LogP contribution is 2.34. The van der Waals surface area contributed by atoms with Crippen LogP contribution in [0.4, 0.5) is 5.69 Å². The predicted octanol–water partition coefficient (Wildman–Crippen LogP) is 3.53. The van der Waals surface area contributed by atoms with Gasteiger partial charge >= 0.3 is 0 Å². The van der Waals surface area contributed by atoms with Crippen molar-refractivity contribution in [2.45, 2.75) is 26.7 Å². The van der Waals surface area contributed by atoms with E-state index in [1.807, 2.05) is 13.8 Å². The lowest BCUT2D eigenvalue weighted by atomic mass is 10.2. The first-order chi connectivity index (χ1) is 8.88. The van der Waals surface area contributed by atoms with Crippen molar-refractivity contribution in [1.29, 1.82) is 0 Å². The van der Waals surface area contributed by atoms with Gasteiger partial charge in [-0.1, -0.05) is 48.1 Å². The van der Waals surface area contributed by atoms with Crippen LogP contribution >= 0.6 is 34.8 Å². The molecule has 0 bridgehead atoms. The predicted molar refractivity (Wildman–Crippen MR) is 79.2 cm³/mol. The molecule has 0 atom stereocenters. The average Bonchev–Trinajstić information content (AvgIpc) is 2.38. The number of amides is 1. The second kappa shape index (κ2) is 6.93. The lowest BCUT2D eigenvalue weighted by Gasteiger charge is -2.08. The van der Waals surface area contributed by atoms with Crippen LogP contribution in [0.3, 0.4) is 0 Å². The molecule has 1 rings (SSSR count). The Kier molecular flexibility index (Phi) is 5.85. The minimum absolute atomic E-state index is 0.0164. The number of aromatic nitrogens is 1. The van der Waals surface area contributed by atoms with E-state index in [9.17, 15) is 4.79 Å². The third-order valence-electron chi connectivity index (χ3n) is 2.25.